The molecule has 1 unspecified atom stereocenters. The maximum atomic E-state index is 9.63. The fourth-order valence-electron chi connectivity index (χ4n) is 2.49. The van der Waals surface area contributed by atoms with E-state index in [-0.39, 0.29) is 16.9 Å². The third-order valence-corrected chi connectivity index (χ3v) is 4.37. The molecule has 1 rings (SSSR count). The second kappa shape index (κ2) is 6.83. The van der Waals surface area contributed by atoms with E-state index in [1.165, 1.54) is 38.2 Å². The molecule has 1 aromatic rings. The van der Waals surface area contributed by atoms with E-state index >= 15 is 0 Å². The van der Waals surface area contributed by atoms with Gasteiger partial charge in [0.05, 0.1) is 0 Å². The molecule has 0 heterocycles. The Morgan fingerprint density at radius 1 is 1.00 bits per heavy atom. The number of aromatic hydroxyl groups is 2. The molecule has 0 amide bonds. The van der Waals surface area contributed by atoms with Gasteiger partial charge in [-0.3, -0.25) is 0 Å². The average Bonchev–Trinajstić information content (AvgIpc) is 2.33. The third-order valence-electron chi connectivity index (χ3n) is 4.37. The molecule has 19 heavy (non-hydrogen) atoms. The summed E-state index contributed by atoms with van der Waals surface area (Å²) in [6, 6.07) is 4.91. The molecule has 0 radical (unpaired) electrons. The predicted molar refractivity (Wildman–Crippen MR) is 80.7 cm³/mol. The number of hydrogen-bond acceptors (Lipinski definition) is 2. The zero-order chi connectivity index (χ0) is 14.5. The minimum Gasteiger partial charge on any atom is -0.508 e. The van der Waals surface area contributed by atoms with Crippen LogP contribution in [0, 0.1) is 5.92 Å². The van der Waals surface area contributed by atoms with Crippen LogP contribution in [0.1, 0.15) is 65.4 Å². The Morgan fingerprint density at radius 2 is 1.58 bits per heavy atom. The van der Waals surface area contributed by atoms with E-state index < -0.39 is 0 Å². The lowest BCUT2D eigenvalue weighted by atomic mass is 9.72. The Morgan fingerprint density at radius 3 is 2.11 bits per heavy atom. The molecule has 2 heteroatoms. The van der Waals surface area contributed by atoms with Crippen LogP contribution in [0.4, 0.5) is 0 Å². The zero-order valence-corrected chi connectivity index (χ0v) is 12.7. The molecule has 108 valence electrons. The van der Waals surface area contributed by atoms with E-state index in [4.69, 9.17) is 0 Å². The third kappa shape index (κ3) is 4.45. The highest BCUT2D eigenvalue weighted by atomic mass is 16.3. The first kappa shape index (κ1) is 15.9. The molecule has 2 nitrogen and oxygen atoms in total. The van der Waals surface area contributed by atoms with Gasteiger partial charge in [0.15, 0.2) is 0 Å². The molecular formula is C17H28O2. The normalized spacial score (nSPS) is 13.5. The zero-order valence-electron chi connectivity index (χ0n) is 12.7. The topological polar surface area (TPSA) is 40.5 Å². The van der Waals surface area contributed by atoms with Gasteiger partial charge in [-0.05, 0) is 35.4 Å². The number of phenols is 2. The van der Waals surface area contributed by atoms with Crippen LogP contribution in [0.25, 0.3) is 0 Å². The van der Waals surface area contributed by atoms with Gasteiger partial charge in [0.2, 0.25) is 0 Å². The Labute approximate surface area is 117 Å². The SMILES string of the molecule is CCCCCCC(C)C(C)(C)c1cc(O)cc(O)c1. The Balaban J connectivity index is 2.72. The molecule has 0 aliphatic carbocycles. The van der Waals surface area contributed by atoms with Gasteiger partial charge in [-0.25, -0.2) is 0 Å². The van der Waals surface area contributed by atoms with Crippen LogP contribution in [-0.4, -0.2) is 10.2 Å². The van der Waals surface area contributed by atoms with Gasteiger partial charge in [0.1, 0.15) is 11.5 Å². The second-order valence-electron chi connectivity index (χ2n) is 6.21. The molecule has 0 aliphatic rings. The molecule has 0 fully saturated rings. The summed E-state index contributed by atoms with van der Waals surface area (Å²) in [7, 11) is 0. The fourth-order valence-corrected chi connectivity index (χ4v) is 2.49. The van der Waals surface area contributed by atoms with Gasteiger partial charge < -0.3 is 10.2 Å². The molecule has 1 aromatic carbocycles. The van der Waals surface area contributed by atoms with Crippen LogP contribution < -0.4 is 0 Å². The number of unbranched alkanes of at least 4 members (excludes halogenated alkanes) is 3. The van der Waals surface area contributed by atoms with Gasteiger partial charge >= 0.3 is 0 Å². The molecule has 0 saturated carbocycles. The quantitative estimate of drug-likeness (QED) is 0.682. The van der Waals surface area contributed by atoms with E-state index in [0.717, 1.165) is 5.56 Å². The first-order valence-corrected chi connectivity index (χ1v) is 7.41. The number of rotatable bonds is 7. The summed E-state index contributed by atoms with van der Waals surface area (Å²) in [6.07, 6.45) is 6.30. The lowest BCUT2D eigenvalue weighted by molar-refractivity contribution is 0.311. The van der Waals surface area contributed by atoms with Gasteiger partial charge in [0.25, 0.3) is 0 Å². The van der Waals surface area contributed by atoms with Crippen molar-refractivity contribution in [1.29, 1.82) is 0 Å². The van der Waals surface area contributed by atoms with Crippen molar-refractivity contribution < 1.29 is 10.2 Å². The highest BCUT2D eigenvalue weighted by molar-refractivity contribution is 5.40. The van der Waals surface area contributed by atoms with Crippen molar-refractivity contribution in [2.24, 2.45) is 5.92 Å². The molecule has 0 bridgehead atoms. The van der Waals surface area contributed by atoms with Crippen molar-refractivity contribution >= 4 is 0 Å². The molecule has 0 aliphatic heterocycles. The van der Waals surface area contributed by atoms with E-state index in [1.807, 2.05) is 0 Å². The monoisotopic (exact) mass is 264 g/mol. The van der Waals surface area contributed by atoms with Crippen molar-refractivity contribution in [2.45, 2.75) is 65.2 Å². The van der Waals surface area contributed by atoms with Crippen molar-refractivity contribution in [3.05, 3.63) is 23.8 Å². The average molecular weight is 264 g/mol. The smallest absolute Gasteiger partial charge is 0.119 e. The molecule has 0 aromatic heterocycles. The number of benzene rings is 1. The highest BCUT2D eigenvalue weighted by Gasteiger charge is 2.28. The summed E-state index contributed by atoms with van der Waals surface area (Å²) in [4.78, 5) is 0. The molecule has 0 spiro atoms. The van der Waals surface area contributed by atoms with Crippen LogP contribution in [-0.2, 0) is 5.41 Å². The molecular weight excluding hydrogens is 236 g/mol. The first-order chi connectivity index (χ1) is 8.87. The lowest BCUT2D eigenvalue weighted by Gasteiger charge is -2.33. The van der Waals surface area contributed by atoms with E-state index in [2.05, 4.69) is 27.7 Å². The van der Waals surface area contributed by atoms with Gasteiger partial charge in [0, 0.05) is 6.07 Å². The van der Waals surface area contributed by atoms with Crippen molar-refractivity contribution in [2.75, 3.05) is 0 Å². The largest absolute Gasteiger partial charge is 0.508 e. The maximum absolute atomic E-state index is 9.63. The predicted octanol–water partition coefficient (Wildman–Crippen LogP) is 4.98. The summed E-state index contributed by atoms with van der Waals surface area (Å²) in [5.41, 5.74) is 0.968. The lowest BCUT2D eigenvalue weighted by Crippen LogP contribution is -2.26. The number of phenolic OH excluding ortho intramolecular Hbond substituents is 2. The van der Waals surface area contributed by atoms with Crippen LogP contribution in [0.5, 0.6) is 11.5 Å². The summed E-state index contributed by atoms with van der Waals surface area (Å²) in [5.74, 6) is 0.799. The Hall–Kier alpha value is -1.18. The Bertz CT molecular complexity index is 376. The van der Waals surface area contributed by atoms with E-state index in [1.54, 1.807) is 12.1 Å². The minimum absolute atomic E-state index is 0.0393. The molecule has 0 saturated heterocycles. The second-order valence-corrected chi connectivity index (χ2v) is 6.21. The minimum atomic E-state index is -0.0393. The van der Waals surface area contributed by atoms with Crippen LogP contribution in [0.2, 0.25) is 0 Å². The Kier molecular flexibility index (Phi) is 5.71. The standard InChI is InChI=1S/C17H28O2/c1-5-6-7-8-9-13(2)17(3,4)14-10-15(18)12-16(19)11-14/h10-13,18-19H,5-9H2,1-4H3. The molecule has 2 N–H and O–H groups in total. The highest BCUT2D eigenvalue weighted by Crippen LogP contribution is 2.37. The van der Waals surface area contributed by atoms with Gasteiger partial charge in [-0.2, -0.15) is 0 Å². The van der Waals surface area contributed by atoms with Crippen LogP contribution in [0.3, 0.4) is 0 Å². The van der Waals surface area contributed by atoms with Gasteiger partial charge in [-0.1, -0.05) is 53.4 Å². The summed E-state index contributed by atoms with van der Waals surface area (Å²) in [5, 5.41) is 19.3. The summed E-state index contributed by atoms with van der Waals surface area (Å²) in [6.45, 7) is 8.85. The molecule has 1 atom stereocenters. The van der Waals surface area contributed by atoms with Crippen molar-refractivity contribution in [1.82, 2.24) is 0 Å². The van der Waals surface area contributed by atoms with Crippen molar-refractivity contribution in [3.63, 3.8) is 0 Å². The van der Waals surface area contributed by atoms with Crippen LogP contribution >= 0.6 is 0 Å². The fraction of sp³-hybridized carbons (Fsp3) is 0.647. The first-order valence-electron chi connectivity index (χ1n) is 7.41. The van der Waals surface area contributed by atoms with E-state index in [0.29, 0.717) is 5.92 Å². The van der Waals surface area contributed by atoms with Crippen molar-refractivity contribution in [3.8, 4) is 11.5 Å². The van der Waals surface area contributed by atoms with E-state index in [9.17, 15) is 10.2 Å². The maximum Gasteiger partial charge on any atom is 0.119 e. The summed E-state index contributed by atoms with van der Waals surface area (Å²) >= 11 is 0. The van der Waals surface area contributed by atoms with Gasteiger partial charge in [-0.15, -0.1) is 0 Å². The van der Waals surface area contributed by atoms with Crippen LogP contribution in [0.15, 0.2) is 18.2 Å². The summed E-state index contributed by atoms with van der Waals surface area (Å²) < 4.78 is 0. The number of hydrogen-bond donors (Lipinski definition) is 2.